The van der Waals surface area contributed by atoms with Gasteiger partial charge in [-0.1, -0.05) is 12.1 Å². The van der Waals surface area contributed by atoms with Gasteiger partial charge in [-0.15, -0.1) is 11.3 Å². The Balaban J connectivity index is 1.94. The second kappa shape index (κ2) is 4.81. The standard InChI is InChI=1S/C13H13N5S/c1-8(13-15-6-7-19-13)16-12-11(14)17-9-4-2-3-5-10(9)18-12/h2-8H,1H3,(H2,14,17)(H,16,18). The summed E-state index contributed by atoms with van der Waals surface area (Å²) < 4.78 is 0. The molecule has 3 rings (SSSR count). The summed E-state index contributed by atoms with van der Waals surface area (Å²) in [7, 11) is 0. The van der Waals surface area contributed by atoms with E-state index in [4.69, 9.17) is 5.73 Å². The molecule has 3 aromatic rings. The summed E-state index contributed by atoms with van der Waals surface area (Å²) in [6, 6.07) is 7.72. The maximum absolute atomic E-state index is 5.94. The molecular formula is C13H13N5S. The number of aromatic nitrogens is 3. The molecule has 0 spiro atoms. The van der Waals surface area contributed by atoms with E-state index in [0.29, 0.717) is 11.6 Å². The fourth-order valence-corrected chi connectivity index (χ4v) is 2.48. The molecule has 0 saturated carbocycles. The molecular weight excluding hydrogens is 258 g/mol. The first-order valence-electron chi connectivity index (χ1n) is 5.92. The van der Waals surface area contributed by atoms with E-state index in [-0.39, 0.29) is 6.04 Å². The molecule has 0 amide bonds. The molecule has 0 aliphatic rings. The van der Waals surface area contributed by atoms with Crippen molar-refractivity contribution in [3.05, 3.63) is 40.8 Å². The Labute approximate surface area is 114 Å². The normalized spacial score (nSPS) is 12.5. The lowest BCUT2D eigenvalue weighted by Gasteiger charge is -2.13. The number of anilines is 2. The van der Waals surface area contributed by atoms with Gasteiger partial charge >= 0.3 is 0 Å². The number of fused-ring (bicyclic) bond motifs is 1. The third kappa shape index (κ3) is 2.34. The van der Waals surface area contributed by atoms with Crippen molar-refractivity contribution in [1.29, 1.82) is 0 Å². The van der Waals surface area contributed by atoms with E-state index in [2.05, 4.69) is 20.3 Å². The van der Waals surface area contributed by atoms with E-state index in [9.17, 15) is 0 Å². The number of rotatable bonds is 3. The van der Waals surface area contributed by atoms with E-state index < -0.39 is 0 Å². The average molecular weight is 271 g/mol. The van der Waals surface area contributed by atoms with Crippen molar-refractivity contribution < 1.29 is 0 Å². The molecule has 3 N–H and O–H groups in total. The van der Waals surface area contributed by atoms with E-state index >= 15 is 0 Å². The number of thiazole rings is 1. The summed E-state index contributed by atoms with van der Waals surface area (Å²) in [4.78, 5) is 13.1. The van der Waals surface area contributed by atoms with Gasteiger partial charge in [0.15, 0.2) is 11.6 Å². The van der Waals surface area contributed by atoms with Crippen molar-refractivity contribution in [1.82, 2.24) is 15.0 Å². The summed E-state index contributed by atoms with van der Waals surface area (Å²) in [6.45, 7) is 2.02. The molecule has 0 bridgehead atoms. The summed E-state index contributed by atoms with van der Waals surface area (Å²) in [5, 5.41) is 6.20. The zero-order chi connectivity index (χ0) is 13.2. The summed E-state index contributed by atoms with van der Waals surface area (Å²) in [5.41, 5.74) is 7.56. The smallest absolute Gasteiger partial charge is 0.170 e. The molecule has 2 heterocycles. The predicted molar refractivity (Wildman–Crippen MR) is 78.1 cm³/mol. The number of nitrogens with two attached hydrogens (primary N) is 1. The third-order valence-corrected chi connectivity index (χ3v) is 3.73. The summed E-state index contributed by atoms with van der Waals surface area (Å²) >= 11 is 1.60. The van der Waals surface area contributed by atoms with Crippen LogP contribution in [0.25, 0.3) is 11.0 Å². The fraction of sp³-hybridized carbons (Fsp3) is 0.154. The Morgan fingerprint density at radius 3 is 2.63 bits per heavy atom. The van der Waals surface area contributed by atoms with Crippen LogP contribution in [0.5, 0.6) is 0 Å². The minimum absolute atomic E-state index is 0.0535. The van der Waals surface area contributed by atoms with Crippen LogP contribution >= 0.6 is 11.3 Å². The zero-order valence-electron chi connectivity index (χ0n) is 10.4. The van der Waals surface area contributed by atoms with Crippen LogP contribution in [0.4, 0.5) is 11.6 Å². The Kier molecular flexibility index (Phi) is 3.00. The van der Waals surface area contributed by atoms with Gasteiger partial charge in [0, 0.05) is 11.6 Å². The first kappa shape index (κ1) is 11.9. The molecule has 5 nitrogen and oxygen atoms in total. The first-order chi connectivity index (χ1) is 9.24. The second-order valence-corrected chi connectivity index (χ2v) is 5.11. The van der Waals surface area contributed by atoms with E-state index in [1.165, 1.54) is 0 Å². The number of nitrogens with zero attached hydrogens (tertiary/aromatic N) is 3. The molecule has 1 aromatic carbocycles. The molecule has 0 saturated heterocycles. The van der Waals surface area contributed by atoms with Crippen molar-refractivity contribution in [2.24, 2.45) is 0 Å². The topological polar surface area (TPSA) is 76.7 Å². The largest absolute Gasteiger partial charge is 0.381 e. The molecule has 96 valence electrons. The summed E-state index contributed by atoms with van der Waals surface area (Å²) in [5.74, 6) is 1.00. The lowest BCUT2D eigenvalue weighted by atomic mass is 10.3. The highest BCUT2D eigenvalue weighted by Gasteiger charge is 2.12. The molecule has 1 unspecified atom stereocenters. The van der Waals surface area contributed by atoms with Crippen LogP contribution in [0.2, 0.25) is 0 Å². The Morgan fingerprint density at radius 2 is 1.95 bits per heavy atom. The van der Waals surface area contributed by atoms with Crippen LogP contribution < -0.4 is 11.1 Å². The van der Waals surface area contributed by atoms with Crippen molar-refractivity contribution in [3.8, 4) is 0 Å². The van der Waals surface area contributed by atoms with Gasteiger partial charge in [0.25, 0.3) is 0 Å². The molecule has 1 atom stereocenters. The fourth-order valence-electron chi connectivity index (χ4n) is 1.84. The Morgan fingerprint density at radius 1 is 1.21 bits per heavy atom. The van der Waals surface area contributed by atoms with Gasteiger partial charge < -0.3 is 11.1 Å². The highest BCUT2D eigenvalue weighted by Crippen LogP contribution is 2.24. The zero-order valence-corrected chi connectivity index (χ0v) is 11.2. The molecule has 0 fully saturated rings. The molecule has 0 aliphatic heterocycles. The van der Waals surface area contributed by atoms with Crippen molar-refractivity contribution in [2.75, 3.05) is 11.1 Å². The summed E-state index contributed by atoms with van der Waals surface area (Å²) in [6.07, 6.45) is 1.79. The number of benzene rings is 1. The van der Waals surface area contributed by atoms with Gasteiger partial charge in [0.2, 0.25) is 0 Å². The SMILES string of the molecule is CC(Nc1nc2ccccc2nc1N)c1nccs1. The van der Waals surface area contributed by atoms with Crippen LogP contribution in [0, 0.1) is 0 Å². The number of hydrogen-bond donors (Lipinski definition) is 2. The molecule has 2 aromatic heterocycles. The quantitative estimate of drug-likeness (QED) is 0.766. The third-order valence-electron chi connectivity index (χ3n) is 2.77. The van der Waals surface area contributed by atoms with Crippen molar-refractivity contribution in [2.45, 2.75) is 13.0 Å². The van der Waals surface area contributed by atoms with Gasteiger partial charge in [0.1, 0.15) is 5.01 Å². The maximum atomic E-state index is 5.94. The lowest BCUT2D eigenvalue weighted by molar-refractivity contribution is 0.862. The van der Waals surface area contributed by atoms with Crippen LogP contribution in [-0.2, 0) is 0 Å². The van der Waals surface area contributed by atoms with Crippen molar-refractivity contribution >= 4 is 34.0 Å². The average Bonchev–Trinajstić information content (AvgIpc) is 2.93. The maximum Gasteiger partial charge on any atom is 0.170 e. The van der Waals surface area contributed by atoms with Crippen LogP contribution in [0.1, 0.15) is 18.0 Å². The van der Waals surface area contributed by atoms with E-state index in [0.717, 1.165) is 16.0 Å². The minimum Gasteiger partial charge on any atom is -0.381 e. The molecule has 6 heteroatoms. The van der Waals surface area contributed by atoms with E-state index in [1.807, 2.05) is 36.6 Å². The first-order valence-corrected chi connectivity index (χ1v) is 6.80. The van der Waals surface area contributed by atoms with Gasteiger partial charge in [-0.25, -0.2) is 15.0 Å². The number of nitrogen functional groups attached to an aromatic ring is 1. The number of para-hydroxylation sites is 2. The van der Waals surface area contributed by atoms with Gasteiger partial charge in [-0.3, -0.25) is 0 Å². The second-order valence-electron chi connectivity index (χ2n) is 4.18. The van der Waals surface area contributed by atoms with Crippen LogP contribution in [0.3, 0.4) is 0 Å². The van der Waals surface area contributed by atoms with E-state index in [1.54, 1.807) is 17.5 Å². The Bertz CT molecular complexity index is 695. The monoisotopic (exact) mass is 271 g/mol. The number of hydrogen-bond acceptors (Lipinski definition) is 6. The van der Waals surface area contributed by atoms with Gasteiger partial charge in [-0.05, 0) is 19.1 Å². The highest BCUT2D eigenvalue weighted by atomic mass is 32.1. The molecule has 0 radical (unpaired) electrons. The van der Waals surface area contributed by atoms with Crippen molar-refractivity contribution in [3.63, 3.8) is 0 Å². The minimum atomic E-state index is 0.0535. The molecule has 19 heavy (non-hydrogen) atoms. The number of nitrogens with one attached hydrogen (secondary N) is 1. The van der Waals surface area contributed by atoms with Crippen LogP contribution in [0.15, 0.2) is 35.8 Å². The predicted octanol–water partition coefficient (Wildman–Crippen LogP) is 2.84. The highest BCUT2D eigenvalue weighted by molar-refractivity contribution is 7.09. The Hall–Kier alpha value is -2.21. The van der Waals surface area contributed by atoms with Gasteiger partial charge in [-0.2, -0.15) is 0 Å². The molecule has 0 aliphatic carbocycles. The lowest BCUT2D eigenvalue weighted by Crippen LogP contribution is -2.10. The van der Waals surface area contributed by atoms with Crippen LogP contribution in [-0.4, -0.2) is 15.0 Å². The van der Waals surface area contributed by atoms with Gasteiger partial charge in [0.05, 0.1) is 17.1 Å².